The smallest absolute Gasteiger partial charge is 0.264 e. The van der Waals surface area contributed by atoms with E-state index in [1.165, 1.54) is 5.57 Å². The molecule has 5 aliphatic rings. The molecular formula is C34H43ClFN3O4S. The molecule has 0 saturated heterocycles. The van der Waals surface area contributed by atoms with Crippen LogP contribution in [0.3, 0.4) is 0 Å². The van der Waals surface area contributed by atoms with Crippen molar-refractivity contribution in [2.24, 2.45) is 23.7 Å². The number of hydrogen-bond acceptors (Lipinski definition) is 6. The van der Waals surface area contributed by atoms with Gasteiger partial charge < -0.3 is 14.5 Å². The maximum atomic E-state index is 15.4. The molecule has 1 fully saturated rings. The summed E-state index contributed by atoms with van der Waals surface area (Å²) in [6.45, 7) is 5.21. The Morgan fingerprint density at radius 1 is 1.11 bits per heavy atom. The zero-order valence-electron chi connectivity index (χ0n) is 26.0. The number of likely N-dealkylation sites (N-methyl/N-ethyl adjacent to an activating group) is 1. The summed E-state index contributed by atoms with van der Waals surface area (Å²) >= 11 is 6.24. The summed E-state index contributed by atoms with van der Waals surface area (Å²) in [7, 11) is 0.325. The largest absolute Gasteiger partial charge is 0.491 e. The zero-order chi connectivity index (χ0) is 31.3. The summed E-state index contributed by atoms with van der Waals surface area (Å²) in [5.41, 5.74) is 3.80. The van der Waals surface area contributed by atoms with Gasteiger partial charge in [-0.3, -0.25) is 4.79 Å². The molecular weight excluding hydrogens is 601 g/mol. The summed E-state index contributed by atoms with van der Waals surface area (Å²) in [6, 6.07) is 8.92. The van der Waals surface area contributed by atoms with Crippen LogP contribution >= 0.6 is 11.6 Å². The molecule has 7 nitrogen and oxygen atoms in total. The Morgan fingerprint density at radius 2 is 1.89 bits per heavy atom. The van der Waals surface area contributed by atoms with Crippen molar-refractivity contribution in [3.05, 3.63) is 69.5 Å². The van der Waals surface area contributed by atoms with E-state index in [0.717, 1.165) is 37.7 Å². The molecule has 2 aromatic carbocycles. The maximum Gasteiger partial charge on any atom is 0.264 e. The van der Waals surface area contributed by atoms with Gasteiger partial charge in [0.2, 0.25) is 10.0 Å². The van der Waals surface area contributed by atoms with Crippen LogP contribution < -0.4 is 14.4 Å². The lowest BCUT2D eigenvalue weighted by atomic mass is 9.63. The third-order valence-electron chi connectivity index (χ3n) is 10.6. The normalized spacial score (nSPS) is 30.3. The number of carbonyl (C=O) groups excluding carboxylic acids is 1. The number of anilines is 1. The highest BCUT2D eigenvalue weighted by Crippen LogP contribution is 2.48. The number of allylic oxidation sites excluding steroid dienone is 1. The van der Waals surface area contributed by atoms with Gasteiger partial charge in [-0.25, -0.2) is 17.5 Å². The molecule has 2 aromatic rings. The minimum absolute atomic E-state index is 0.118. The van der Waals surface area contributed by atoms with Crippen LogP contribution in [0, 0.1) is 29.5 Å². The van der Waals surface area contributed by atoms with Crippen LogP contribution in [0.2, 0.25) is 5.02 Å². The van der Waals surface area contributed by atoms with Gasteiger partial charge in [0.05, 0.1) is 22.6 Å². The molecule has 0 radical (unpaired) electrons. The third-order valence-corrected chi connectivity index (χ3v) is 12.8. The fraction of sp³-hybridized carbons (Fsp3) is 0.559. The number of carbonyl (C=O) groups is 1. The molecule has 1 saturated carbocycles. The zero-order valence-corrected chi connectivity index (χ0v) is 27.6. The second-order valence-corrected chi connectivity index (χ2v) is 15.9. The molecule has 4 bridgehead atoms. The average molecular weight is 644 g/mol. The maximum absolute atomic E-state index is 15.4. The number of hydrogen-bond donors (Lipinski definition) is 1. The molecule has 238 valence electrons. The highest BCUT2D eigenvalue weighted by molar-refractivity contribution is 7.90. The van der Waals surface area contributed by atoms with E-state index in [9.17, 15) is 13.2 Å². The highest BCUT2D eigenvalue weighted by atomic mass is 35.5. The number of halogens is 2. The Bertz CT molecular complexity index is 1580. The monoisotopic (exact) mass is 643 g/mol. The number of benzene rings is 2. The van der Waals surface area contributed by atoms with Crippen LogP contribution in [0.15, 0.2) is 42.0 Å². The topological polar surface area (TPSA) is 79.0 Å². The van der Waals surface area contributed by atoms with Crippen molar-refractivity contribution in [3.63, 3.8) is 0 Å². The van der Waals surface area contributed by atoms with Crippen molar-refractivity contribution in [1.29, 1.82) is 0 Å². The van der Waals surface area contributed by atoms with Crippen LogP contribution in [0.5, 0.6) is 5.75 Å². The first kappa shape index (κ1) is 31.4. The number of fused-ring (bicyclic) bond motifs is 5. The van der Waals surface area contributed by atoms with Gasteiger partial charge in [-0.05, 0) is 119 Å². The molecule has 6 atom stereocenters. The van der Waals surface area contributed by atoms with Crippen molar-refractivity contribution in [2.75, 3.05) is 32.1 Å². The molecule has 10 heteroatoms. The summed E-state index contributed by atoms with van der Waals surface area (Å²) in [4.78, 5) is 18.0. The van der Waals surface area contributed by atoms with E-state index in [4.69, 9.17) is 16.3 Å². The molecule has 0 aromatic heterocycles. The van der Waals surface area contributed by atoms with Gasteiger partial charge in [-0.15, -0.1) is 0 Å². The summed E-state index contributed by atoms with van der Waals surface area (Å²) < 4.78 is 50.9. The molecule has 1 unspecified atom stereocenters. The first-order chi connectivity index (χ1) is 20.9. The standard InChI is InChI=1S/C34H43ClFN3O4S/c1-20-21(2)44(41,42)37-34(40)22-10-13-31-30(17-22)39(18-23-9-12-29(35)32(36)27(23)7-5-6-14-43-31)19-24-8-11-28(24)33(38(3)4)26-15-25(20)16-26/h9-10,12-13,15,17,20-21,24-25,28,33H,5-8,11,14,16,18-19H2,1-4H3,(H,37,40)/t20-,21-,24+,25+,28-,33?/m1/s1. The van der Waals surface area contributed by atoms with Crippen LogP contribution in [-0.4, -0.2) is 57.8 Å². The fourth-order valence-corrected chi connectivity index (χ4v) is 9.12. The molecule has 2 aliphatic carbocycles. The summed E-state index contributed by atoms with van der Waals surface area (Å²) in [5.74, 6) is 0.414. The van der Waals surface area contributed by atoms with Gasteiger partial charge in [-0.1, -0.05) is 36.2 Å². The second kappa shape index (κ2) is 12.3. The molecule has 3 aliphatic heterocycles. The number of ether oxygens (including phenoxy) is 1. The van der Waals surface area contributed by atoms with E-state index in [-0.39, 0.29) is 34.3 Å². The van der Waals surface area contributed by atoms with E-state index >= 15 is 4.39 Å². The molecule has 7 rings (SSSR count). The number of nitrogens with zero attached hydrogens (tertiary/aromatic N) is 2. The van der Waals surface area contributed by atoms with Crippen molar-refractivity contribution in [2.45, 2.75) is 70.2 Å². The number of amides is 1. The second-order valence-electron chi connectivity index (χ2n) is 13.4. The Hall–Kier alpha value is -2.62. The lowest BCUT2D eigenvalue weighted by Gasteiger charge is -2.50. The minimum Gasteiger partial charge on any atom is -0.491 e. The van der Waals surface area contributed by atoms with E-state index in [0.29, 0.717) is 55.0 Å². The van der Waals surface area contributed by atoms with E-state index < -0.39 is 21.2 Å². The molecule has 0 spiro atoms. The summed E-state index contributed by atoms with van der Waals surface area (Å²) in [6.07, 6.45) is 7.35. The molecule has 3 heterocycles. The van der Waals surface area contributed by atoms with Gasteiger partial charge in [-0.2, -0.15) is 0 Å². The quantitative estimate of drug-likeness (QED) is 0.373. The van der Waals surface area contributed by atoms with E-state index in [1.54, 1.807) is 31.2 Å². The fourth-order valence-electron chi connectivity index (χ4n) is 7.61. The van der Waals surface area contributed by atoms with Crippen LogP contribution in [0.1, 0.15) is 67.4 Å². The lowest BCUT2D eigenvalue weighted by molar-refractivity contribution is 0.0853. The van der Waals surface area contributed by atoms with Crippen LogP contribution in [0.25, 0.3) is 0 Å². The van der Waals surface area contributed by atoms with Crippen LogP contribution in [0.4, 0.5) is 10.1 Å². The number of sulfonamides is 1. The molecule has 1 N–H and O–H groups in total. The Kier molecular flexibility index (Phi) is 8.76. The Morgan fingerprint density at radius 3 is 2.59 bits per heavy atom. The minimum atomic E-state index is -3.93. The first-order valence-electron chi connectivity index (χ1n) is 15.8. The Labute approximate surface area is 265 Å². The van der Waals surface area contributed by atoms with Crippen molar-refractivity contribution >= 4 is 33.2 Å². The van der Waals surface area contributed by atoms with E-state index in [1.807, 2.05) is 13.0 Å². The predicted molar refractivity (Wildman–Crippen MR) is 172 cm³/mol. The van der Waals surface area contributed by atoms with Gasteiger partial charge >= 0.3 is 0 Å². The van der Waals surface area contributed by atoms with Gasteiger partial charge in [0.15, 0.2) is 0 Å². The van der Waals surface area contributed by atoms with Crippen molar-refractivity contribution in [1.82, 2.24) is 9.62 Å². The SMILES string of the molecule is C[C@@H]1[C@@H](C)S(=O)(=O)NC(=O)c2ccc3c(c2)N(Cc2ccc(Cl)c(F)c2CCCCO3)C[C@@H]2CC[C@H]2C(N(C)C)C2=C[C@H]1C2. The number of rotatable bonds is 1. The Balaban J connectivity index is 1.48. The lowest BCUT2D eigenvalue weighted by Crippen LogP contribution is -2.51. The van der Waals surface area contributed by atoms with E-state index in [2.05, 4.69) is 34.7 Å². The predicted octanol–water partition coefficient (Wildman–Crippen LogP) is 6.20. The molecule has 1 amide bonds. The number of nitrogens with one attached hydrogen (secondary N) is 1. The van der Waals surface area contributed by atoms with Gasteiger partial charge in [0, 0.05) is 24.7 Å². The first-order valence-corrected chi connectivity index (χ1v) is 17.8. The summed E-state index contributed by atoms with van der Waals surface area (Å²) in [5, 5.41) is -0.623. The van der Waals surface area contributed by atoms with Gasteiger partial charge in [0.25, 0.3) is 5.91 Å². The van der Waals surface area contributed by atoms with Gasteiger partial charge in [0.1, 0.15) is 11.6 Å². The average Bonchev–Trinajstić information content (AvgIpc) is 2.97. The molecule has 44 heavy (non-hydrogen) atoms. The third kappa shape index (κ3) is 5.87. The highest BCUT2D eigenvalue weighted by Gasteiger charge is 2.45. The van der Waals surface area contributed by atoms with Crippen LogP contribution in [-0.2, 0) is 23.0 Å². The van der Waals surface area contributed by atoms with Crippen molar-refractivity contribution < 1.29 is 22.3 Å². The van der Waals surface area contributed by atoms with Crippen molar-refractivity contribution in [3.8, 4) is 5.75 Å².